The Labute approximate surface area is 304 Å². The van der Waals surface area contributed by atoms with Gasteiger partial charge in [0.1, 0.15) is 11.2 Å². The summed E-state index contributed by atoms with van der Waals surface area (Å²) >= 11 is 0. The van der Waals surface area contributed by atoms with E-state index in [1.54, 1.807) is 23.2 Å². The third-order valence-electron chi connectivity index (χ3n) is 10.2. The summed E-state index contributed by atoms with van der Waals surface area (Å²) < 4.78 is 9.74. The van der Waals surface area contributed by atoms with Crippen molar-refractivity contribution in [3.63, 3.8) is 0 Å². The van der Waals surface area contributed by atoms with Crippen molar-refractivity contribution in [2.75, 3.05) is 0 Å². The van der Waals surface area contributed by atoms with Crippen molar-refractivity contribution < 1.29 is 4.42 Å². The van der Waals surface area contributed by atoms with Crippen LogP contribution in [-0.4, -0.2) is 24.1 Å². The summed E-state index contributed by atoms with van der Waals surface area (Å²) in [5.41, 5.74) is 10.2. The van der Waals surface area contributed by atoms with E-state index in [1.807, 2.05) is 72.8 Å². The van der Waals surface area contributed by atoms with Crippen molar-refractivity contribution in [2.45, 2.75) is 0 Å². The maximum Gasteiger partial charge on any atom is 0.328 e. The Kier molecular flexibility index (Phi) is 6.94. The molecule has 0 bridgehead atoms. The molecule has 0 unspecified atom stereocenters. The van der Waals surface area contributed by atoms with Gasteiger partial charge in [0.15, 0.2) is 17.5 Å². The second-order valence-electron chi connectivity index (χ2n) is 13.4. The number of hydrogen-bond donors (Lipinski definition) is 0. The second-order valence-corrected chi connectivity index (χ2v) is 13.4. The Balaban J connectivity index is 1.11. The first-order valence-electron chi connectivity index (χ1n) is 17.5. The van der Waals surface area contributed by atoms with Crippen molar-refractivity contribution in [1.82, 2.24) is 24.1 Å². The molecule has 0 saturated carbocycles. The first kappa shape index (κ1) is 30.7. The third kappa shape index (κ3) is 5.13. The van der Waals surface area contributed by atoms with Crippen molar-refractivity contribution in [3.05, 3.63) is 162 Å². The zero-order valence-corrected chi connectivity index (χ0v) is 29.0. The quantitative estimate of drug-likeness (QED) is 0.180. The van der Waals surface area contributed by atoms with E-state index in [0.717, 1.165) is 77.3 Å². The Hall–Kier alpha value is -7.12. The zero-order valence-electron chi connectivity index (χ0n) is 29.0. The van der Waals surface area contributed by atoms with Gasteiger partial charge in [-0.15, -0.1) is 0 Å². The molecule has 7 aromatic carbocycles. The monoisotopic (exact) mass is 685 g/mol. The molecule has 252 valence electrons. The number of imidazole rings is 1. The molecule has 7 nitrogen and oxygen atoms in total. The number of hydrogen-bond acceptors (Lipinski definition) is 5. The summed E-state index contributed by atoms with van der Waals surface area (Å²) in [5, 5.41) is 4.49. The Morgan fingerprint density at radius 3 is 1.77 bits per heavy atom. The molecule has 0 amide bonds. The van der Waals surface area contributed by atoms with Crippen LogP contribution in [-0.2, 0) is 14.1 Å². The zero-order chi connectivity index (χ0) is 35.6. The average Bonchev–Trinajstić information content (AvgIpc) is 3.69. The van der Waals surface area contributed by atoms with Gasteiger partial charge in [0.25, 0.3) is 0 Å². The van der Waals surface area contributed by atoms with E-state index in [2.05, 4.69) is 78.9 Å². The van der Waals surface area contributed by atoms with Crippen LogP contribution in [0.4, 0.5) is 0 Å². The first-order chi connectivity index (χ1) is 26.0. The van der Waals surface area contributed by atoms with Gasteiger partial charge in [-0.3, -0.25) is 9.13 Å². The molecule has 3 heterocycles. The highest BCUT2D eigenvalue weighted by molar-refractivity contribution is 6.15. The van der Waals surface area contributed by atoms with Crippen LogP contribution in [0.5, 0.6) is 0 Å². The number of fused-ring (bicyclic) bond motifs is 5. The van der Waals surface area contributed by atoms with E-state index in [-0.39, 0.29) is 5.69 Å². The van der Waals surface area contributed by atoms with Crippen LogP contribution in [0, 0.1) is 0 Å². The van der Waals surface area contributed by atoms with Gasteiger partial charge in [-0.1, -0.05) is 109 Å². The van der Waals surface area contributed by atoms with Crippen molar-refractivity contribution in [3.8, 4) is 56.4 Å². The van der Waals surface area contributed by atoms with Gasteiger partial charge >= 0.3 is 5.69 Å². The van der Waals surface area contributed by atoms with Gasteiger partial charge in [0, 0.05) is 41.6 Å². The lowest BCUT2D eigenvalue weighted by molar-refractivity contribution is 0.669. The Bertz CT molecular complexity index is 3120. The number of aromatic nitrogens is 5. The van der Waals surface area contributed by atoms with Crippen LogP contribution in [0.1, 0.15) is 0 Å². The van der Waals surface area contributed by atoms with E-state index >= 15 is 0 Å². The molecule has 0 fully saturated rings. The molecular weight excluding hydrogens is 655 g/mol. The molecule has 0 radical (unpaired) electrons. The Morgan fingerprint density at radius 1 is 0.453 bits per heavy atom. The van der Waals surface area contributed by atoms with Crippen molar-refractivity contribution in [2.24, 2.45) is 14.1 Å². The molecule has 0 atom stereocenters. The fraction of sp³-hybridized carbons (Fsp3) is 0.0435. The highest BCUT2D eigenvalue weighted by atomic mass is 16.3. The summed E-state index contributed by atoms with van der Waals surface area (Å²) in [7, 11) is 3.60. The number of aryl methyl sites for hydroxylation is 2. The van der Waals surface area contributed by atoms with Gasteiger partial charge < -0.3 is 4.42 Å². The lowest BCUT2D eigenvalue weighted by atomic mass is 9.97. The predicted molar refractivity (Wildman–Crippen MR) is 214 cm³/mol. The summed E-state index contributed by atoms with van der Waals surface area (Å²) in [4.78, 5) is 27.7. The molecule has 10 rings (SSSR count). The fourth-order valence-corrected chi connectivity index (χ4v) is 7.45. The topological polar surface area (TPSA) is 78.7 Å². The minimum absolute atomic E-state index is 0.0513. The van der Waals surface area contributed by atoms with Crippen LogP contribution in [0.3, 0.4) is 0 Å². The van der Waals surface area contributed by atoms with E-state index in [9.17, 15) is 4.79 Å². The normalized spacial score (nSPS) is 11.7. The summed E-state index contributed by atoms with van der Waals surface area (Å²) in [6, 6.07) is 51.6. The van der Waals surface area contributed by atoms with Crippen LogP contribution in [0.25, 0.3) is 100 Å². The SMILES string of the molecule is Cn1c(=O)n(C)c2cc(-c3cccc(-c4nc(-c5ccccc5)nc(-c5cccc(-c6cccc7oc8cc9ccccc9cc8c67)c5)n4)c3)ccc21. The van der Waals surface area contributed by atoms with E-state index in [1.165, 1.54) is 5.39 Å². The maximum atomic E-state index is 12.6. The largest absolute Gasteiger partial charge is 0.456 e. The van der Waals surface area contributed by atoms with Crippen LogP contribution in [0.2, 0.25) is 0 Å². The van der Waals surface area contributed by atoms with E-state index in [0.29, 0.717) is 17.5 Å². The third-order valence-corrected chi connectivity index (χ3v) is 10.2. The molecule has 0 N–H and O–H groups in total. The van der Waals surface area contributed by atoms with Crippen LogP contribution >= 0.6 is 0 Å². The van der Waals surface area contributed by atoms with Crippen LogP contribution < -0.4 is 5.69 Å². The van der Waals surface area contributed by atoms with E-state index < -0.39 is 0 Å². The molecular formula is C46H31N5O2. The lowest BCUT2D eigenvalue weighted by Crippen LogP contribution is -2.19. The lowest BCUT2D eigenvalue weighted by Gasteiger charge is -2.11. The van der Waals surface area contributed by atoms with E-state index in [4.69, 9.17) is 19.4 Å². The maximum absolute atomic E-state index is 12.6. The average molecular weight is 686 g/mol. The molecule has 0 aliphatic heterocycles. The molecule has 0 aliphatic carbocycles. The van der Waals surface area contributed by atoms with Gasteiger partial charge in [0.05, 0.1) is 11.0 Å². The van der Waals surface area contributed by atoms with Gasteiger partial charge in [-0.05, 0) is 75.5 Å². The van der Waals surface area contributed by atoms with Gasteiger partial charge in [0.2, 0.25) is 0 Å². The fourth-order valence-electron chi connectivity index (χ4n) is 7.45. The minimum Gasteiger partial charge on any atom is -0.456 e. The molecule has 7 heteroatoms. The molecule has 0 spiro atoms. The summed E-state index contributed by atoms with van der Waals surface area (Å²) in [5.74, 6) is 1.75. The highest BCUT2D eigenvalue weighted by Crippen LogP contribution is 2.39. The standard InChI is InChI=1S/C46H31N5O2/c1-50-38-22-21-32(26-39(38)51(2)46(50)52)29-15-8-17-34(23-29)44-47-43(28-11-4-3-5-12-28)48-45(49-44)35-18-9-16-33(24-35)36-19-10-20-40-42(36)37-25-30-13-6-7-14-31(30)27-41(37)53-40/h3-27H,1-2H3. The smallest absolute Gasteiger partial charge is 0.328 e. The number of rotatable bonds is 5. The summed E-state index contributed by atoms with van der Waals surface area (Å²) in [6.07, 6.45) is 0. The van der Waals surface area contributed by atoms with Crippen molar-refractivity contribution >= 4 is 43.7 Å². The highest BCUT2D eigenvalue weighted by Gasteiger charge is 2.17. The number of furan rings is 1. The molecule has 0 saturated heterocycles. The second kappa shape index (κ2) is 12.0. The molecule has 3 aromatic heterocycles. The summed E-state index contributed by atoms with van der Waals surface area (Å²) in [6.45, 7) is 0. The first-order valence-corrected chi connectivity index (χ1v) is 17.5. The van der Waals surface area contributed by atoms with Crippen LogP contribution in [0.15, 0.2) is 161 Å². The van der Waals surface area contributed by atoms with Gasteiger partial charge in [-0.25, -0.2) is 19.7 Å². The minimum atomic E-state index is -0.0513. The van der Waals surface area contributed by atoms with Gasteiger partial charge in [-0.2, -0.15) is 0 Å². The predicted octanol–water partition coefficient (Wildman–Crippen LogP) is 10.4. The number of nitrogens with zero attached hydrogens (tertiary/aromatic N) is 5. The molecule has 10 aromatic rings. The van der Waals surface area contributed by atoms with Crippen molar-refractivity contribution in [1.29, 1.82) is 0 Å². The Morgan fingerprint density at radius 2 is 1.02 bits per heavy atom. The molecule has 53 heavy (non-hydrogen) atoms. The molecule has 0 aliphatic rings. The number of benzene rings is 7.